The van der Waals surface area contributed by atoms with Crippen LogP contribution in [0.25, 0.3) is 0 Å². The maximum absolute atomic E-state index is 12.3. The lowest BCUT2D eigenvalue weighted by Gasteiger charge is -2.17. The van der Waals surface area contributed by atoms with Gasteiger partial charge in [0, 0.05) is 6.04 Å². The summed E-state index contributed by atoms with van der Waals surface area (Å²) in [5.41, 5.74) is 2.87. The SMILES string of the molecule is CCC(NS(=O)(=O)Cc1cccc(C)c1)c1ccccc1. The second kappa shape index (κ2) is 6.87. The molecule has 0 bridgehead atoms. The lowest BCUT2D eigenvalue weighted by atomic mass is 10.1. The van der Waals surface area contributed by atoms with E-state index in [1.165, 1.54) is 0 Å². The highest BCUT2D eigenvalue weighted by Crippen LogP contribution is 2.18. The highest BCUT2D eigenvalue weighted by atomic mass is 32.2. The molecule has 0 amide bonds. The number of benzene rings is 2. The van der Waals surface area contributed by atoms with E-state index in [9.17, 15) is 8.42 Å². The molecule has 1 atom stereocenters. The molecule has 1 unspecified atom stereocenters. The predicted molar refractivity (Wildman–Crippen MR) is 86.4 cm³/mol. The minimum Gasteiger partial charge on any atom is -0.212 e. The van der Waals surface area contributed by atoms with Gasteiger partial charge in [-0.2, -0.15) is 0 Å². The first-order valence-corrected chi connectivity index (χ1v) is 8.76. The normalized spacial score (nSPS) is 13.0. The topological polar surface area (TPSA) is 46.2 Å². The highest BCUT2D eigenvalue weighted by Gasteiger charge is 2.18. The lowest BCUT2D eigenvalue weighted by Crippen LogP contribution is -2.29. The largest absolute Gasteiger partial charge is 0.216 e. The summed E-state index contributed by atoms with van der Waals surface area (Å²) in [5, 5.41) is 0. The Balaban J connectivity index is 2.13. The van der Waals surface area contributed by atoms with Crippen LogP contribution in [0, 0.1) is 6.92 Å². The number of hydrogen-bond donors (Lipinski definition) is 1. The van der Waals surface area contributed by atoms with Gasteiger partial charge in [-0.05, 0) is 24.5 Å². The van der Waals surface area contributed by atoms with Crippen LogP contribution in [0.4, 0.5) is 0 Å². The van der Waals surface area contributed by atoms with Crippen molar-refractivity contribution in [3.8, 4) is 0 Å². The van der Waals surface area contributed by atoms with Gasteiger partial charge >= 0.3 is 0 Å². The van der Waals surface area contributed by atoms with Gasteiger partial charge < -0.3 is 0 Å². The summed E-state index contributed by atoms with van der Waals surface area (Å²) < 4.78 is 27.5. The first-order chi connectivity index (χ1) is 10.00. The molecular formula is C17H21NO2S. The van der Waals surface area contributed by atoms with Crippen LogP contribution < -0.4 is 4.72 Å². The summed E-state index contributed by atoms with van der Waals surface area (Å²) in [7, 11) is -3.36. The quantitative estimate of drug-likeness (QED) is 0.887. The van der Waals surface area contributed by atoms with Gasteiger partial charge in [0.2, 0.25) is 10.0 Å². The maximum atomic E-state index is 12.3. The zero-order valence-electron chi connectivity index (χ0n) is 12.4. The molecule has 112 valence electrons. The van der Waals surface area contributed by atoms with Crippen LogP contribution in [0.15, 0.2) is 54.6 Å². The van der Waals surface area contributed by atoms with Gasteiger partial charge in [-0.1, -0.05) is 67.1 Å². The van der Waals surface area contributed by atoms with E-state index in [-0.39, 0.29) is 11.8 Å². The second-order valence-electron chi connectivity index (χ2n) is 5.24. The molecule has 0 heterocycles. The molecular weight excluding hydrogens is 282 g/mol. The molecule has 2 aromatic carbocycles. The maximum Gasteiger partial charge on any atom is 0.216 e. The minimum absolute atomic E-state index is 0.0119. The average molecular weight is 303 g/mol. The second-order valence-corrected chi connectivity index (χ2v) is 6.99. The number of hydrogen-bond acceptors (Lipinski definition) is 2. The van der Waals surface area contributed by atoms with Crippen molar-refractivity contribution >= 4 is 10.0 Å². The Labute approximate surface area is 127 Å². The summed E-state index contributed by atoms with van der Waals surface area (Å²) in [4.78, 5) is 0. The van der Waals surface area contributed by atoms with Gasteiger partial charge in [0.05, 0.1) is 5.75 Å². The van der Waals surface area contributed by atoms with E-state index in [0.29, 0.717) is 0 Å². The molecule has 0 aliphatic rings. The van der Waals surface area contributed by atoms with Crippen molar-refractivity contribution in [3.63, 3.8) is 0 Å². The number of aryl methyl sites for hydroxylation is 1. The Bertz CT molecular complexity index is 681. The molecule has 3 nitrogen and oxygen atoms in total. The van der Waals surface area contributed by atoms with Crippen LogP contribution in [-0.2, 0) is 15.8 Å². The molecule has 1 N–H and O–H groups in total. The number of rotatable bonds is 6. The summed E-state index contributed by atoms with van der Waals surface area (Å²) in [6.45, 7) is 3.94. The van der Waals surface area contributed by atoms with Gasteiger partial charge in [0.1, 0.15) is 0 Å². The van der Waals surface area contributed by atoms with Gasteiger partial charge in [0.25, 0.3) is 0 Å². The highest BCUT2D eigenvalue weighted by molar-refractivity contribution is 7.88. The van der Waals surface area contributed by atoms with Crippen LogP contribution in [-0.4, -0.2) is 8.42 Å². The van der Waals surface area contributed by atoms with Gasteiger partial charge in [-0.25, -0.2) is 13.1 Å². The molecule has 0 fully saturated rings. The van der Waals surface area contributed by atoms with E-state index in [4.69, 9.17) is 0 Å². The van der Waals surface area contributed by atoms with E-state index >= 15 is 0 Å². The van der Waals surface area contributed by atoms with Crippen LogP contribution in [0.2, 0.25) is 0 Å². The fourth-order valence-electron chi connectivity index (χ4n) is 2.35. The Hall–Kier alpha value is -1.65. The zero-order chi connectivity index (χ0) is 15.3. The fourth-order valence-corrected chi connectivity index (χ4v) is 3.79. The lowest BCUT2D eigenvalue weighted by molar-refractivity contribution is 0.549. The Morgan fingerprint density at radius 1 is 1.05 bits per heavy atom. The van der Waals surface area contributed by atoms with E-state index in [1.54, 1.807) is 0 Å². The average Bonchev–Trinajstić information content (AvgIpc) is 2.45. The van der Waals surface area contributed by atoms with Crippen molar-refractivity contribution < 1.29 is 8.42 Å². The molecule has 0 spiro atoms. The van der Waals surface area contributed by atoms with E-state index in [1.807, 2.05) is 68.4 Å². The molecule has 0 aromatic heterocycles. The Morgan fingerprint density at radius 3 is 2.38 bits per heavy atom. The van der Waals surface area contributed by atoms with E-state index < -0.39 is 10.0 Å². The third kappa shape index (κ3) is 4.69. The van der Waals surface area contributed by atoms with Gasteiger partial charge in [-0.15, -0.1) is 0 Å². The molecule has 0 radical (unpaired) electrons. The predicted octanol–water partition coefficient (Wildman–Crippen LogP) is 3.57. The molecule has 0 aliphatic carbocycles. The van der Waals surface area contributed by atoms with Crippen LogP contribution >= 0.6 is 0 Å². The first kappa shape index (κ1) is 15.7. The zero-order valence-corrected chi connectivity index (χ0v) is 13.2. The van der Waals surface area contributed by atoms with Crippen LogP contribution in [0.3, 0.4) is 0 Å². The van der Waals surface area contributed by atoms with Crippen molar-refractivity contribution in [1.82, 2.24) is 4.72 Å². The smallest absolute Gasteiger partial charge is 0.212 e. The van der Waals surface area contributed by atoms with Crippen molar-refractivity contribution in [2.45, 2.75) is 32.1 Å². The van der Waals surface area contributed by atoms with Gasteiger partial charge in [-0.3, -0.25) is 0 Å². The minimum atomic E-state index is -3.36. The third-order valence-corrected chi connectivity index (χ3v) is 4.73. The van der Waals surface area contributed by atoms with Crippen LogP contribution in [0.5, 0.6) is 0 Å². The molecule has 0 aliphatic heterocycles. The Morgan fingerprint density at radius 2 is 1.76 bits per heavy atom. The fraction of sp³-hybridized carbons (Fsp3) is 0.294. The van der Waals surface area contributed by atoms with Crippen LogP contribution in [0.1, 0.15) is 36.1 Å². The Kier molecular flexibility index (Phi) is 5.15. The molecule has 21 heavy (non-hydrogen) atoms. The number of nitrogens with one attached hydrogen (secondary N) is 1. The summed E-state index contributed by atoms with van der Waals surface area (Å²) in [6.07, 6.45) is 0.719. The van der Waals surface area contributed by atoms with Crippen molar-refractivity contribution in [2.24, 2.45) is 0 Å². The van der Waals surface area contributed by atoms with Crippen molar-refractivity contribution in [2.75, 3.05) is 0 Å². The molecule has 4 heteroatoms. The number of sulfonamides is 1. The van der Waals surface area contributed by atoms with E-state index in [2.05, 4.69) is 4.72 Å². The molecule has 2 aromatic rings. The standard InChI is InChI=1S/C17H21NO2S/c1-3-17(16-10-5-4-6-11-16)18-21(19,20)13-15-9-7-8-14(2)12-15/h4-12,17-18H,3,13H2,1-2H3. The summed E-state index contributed by atoms with van der Waals surface area (Å²) >= 11 is 0. The van der Waals surface area contributed by atoms with E-state index in [0.717, 1.165) is 23.1 Å². The summed E-state index contributed by atoms with van der Waals surface area (Å²) in [5.74, 6) is 0.0119. The third-order valence-electron chi connectivity index (χ3n) is 3.37. The monoisotopic (exact) mass is 303 g/mol. The summed E-state index contributed by atoms with van der Waals surface area (Å²) in [6, 6.07) is 17.1. The van der Waals surface area contributed by atoms with Crippen molar-refractivity contribution in [1.29, 1.82) is 0 Å². The molecule has 0 saturated heterocycles. The van der Waals surface area contributed by atoms with Gasteiger partial charge in [0.15, 0.2) is 0 Å². The molecule has 2 rings (SSSR count). The first-order valence-electron chi connectivity index (χ1n) is 7.10. The molecule has 0 saturated carbocycles. The van der Waals surface area contributed by atoms with Crippen molar-refractivity contribution in [3.05, 3.63) is 71.3 Å².